The summed E-state index contributed by atoms with van der Waals surface area (Å²) in [6, 6.07) is 4.86. The number of aryl methyl sites for hydroxylation is 1. The molecule has 4 heterocycles. The molecule has 1 unspecified atom stereocenters. The van der Waals surface area contributed by atoms with E-state index in [4.69, 9.17) is 15.2 Å². The number of nitrogens with two attached hydrogens (primary N) is 1. The van der Waals surface area contributed by atoms with Gasteiger partial charge < -0.3 is 15.2 Å². The Morgan fingerprint density at radius 3 is 2.70 bits per heavy atom. The maximum Gasteiger partial charge on any atom is 0.416 e. The van der Waals surface area contributed by atoms with E-state index in [0.29, 0.717) is 22.2 Å². The lowest BCUT2D eigenvalue weighted by molar-refractivity contribution is -0.137. The smallest absolute Gasteiger partial charge is 0.416 e. The van der Waals surface area contributed by atoms with Crippen LogP contribution in [-0.4, -0.2) is 27.3 Å². The molecule has 1 atom stereocenters. The van der Waals surface area contributed by atoms with Crippen LogP contribution in [0.5, 0.6) is 5.75 Å². The van der Waals surface area contributed by atoms with Gasteiger partial charge in [0.05, 0.1) is 47.8 Å². The van der Waals surface area contributed by atoms with Crippen molar-refractivity contribution in [3.8, 4) is 5.75 Å². The van der Waals surface area contributed by atoms with Gasteiger partial charge in [0.25, 0.3) is 5.91 Å². The second-order valence-corrected chi connectivity index (χ2v) is 8.92. The van der Waals surface area contributed by atoms with Crippen LogP contribution in [0.3, 0.4) is 0 Å². The highest BCUT2D eigenvalue weighted by molar-refractivity contribution is 6.09. The van der Waals surface area contributed by atoms with E-state index in [2.05, 4.69) is 10.1 Å². The van der Waals surface area contributed by atoms with Crippen LogP contribution in [0.4, 0.5) is 29.1 Å². The molecule has 0 fully saturated rings. The second-order valence-electron chi connectivity index (χ2n) is 8.92. The summed E-state index contributed by atoms with van der Waals surface area (Å²) in [7, 11) is 1.65. The highest BCUT2D eigenvalue weighted by Gasteiger charge is 2.39. The summed E-state index contributed by atoms with van der Waals surface area (Å²) in [4.78, 5) is 19.5. The zero-order valence-electron chi connectivity index (χ0n) is 19.3. The molecule has 0 bridgehead atoms. The third-order valence-electron chi connectivity index (χ3n) is 6.64. The lowest BCUT2D eigenvalue weighted by atomic mass is 10.00. The van der Waals surface area contributed by atoms with Crippen LogP contribution in [0.1, 0.15) is 38.7 Å². The molecule has 0 spiro atoms. The standard InChI is InChI=1S/C25H19F4N5O3/c1-33-8-13(7-31-33)34(21-11-37-22-4-12(25(27,28)29)2-3-14(21)22)24(35)16-5-15-17-9-36-10-18(17)23(30)32-20(15)6-19(16)26/h2-8,21H,9-11H2,1H3,(H2,30,32). The van der Waals surface area contributed by atoms with Gasteiger partial charge in [-0.05, 0) is 23.8 Å². The predicted octanol–water partition coefficient (Wildman–Crippen LogP) is 4.52. The number of nitrogen functional groups attached to an aromatic ring is 1. The van der Waals surface area contributed by atoms with E-state index in [1.807, 2.05) is 0 Å². The van der Waals surface area contributed by atoms with E-state index in [1.165, 1.54) is 27.9 Å². The lowest BCUT2D eigenvalue weighted by Gasteiger charge is -2.27. The van der Waals surface area contributed by atoms with Crippen molar-refractivity contribution >= 4 is 28.3 Å². The quantitative estimate of drug-likeness (QED) is 0.405. The summed E-state index contributed by atoms with van der Waals surface area (Å²) < 4.78 is 67.6. The minimum absolute atomic E-state index is 0.00939. The van der Waals surface area contributed by atoms with Crippen molar-refractivity contribution in [3.05, 3.63) is 76.4 Å². The number of carbonyl (C=O) groups excluding carboxylic acids is 1. The van der Waals surface area contributed by atoms with Gasteiger partial charge >= 0.3 is 6.18 Å². The molecule has 2 aromatic carbocycles. The number of nitrogens with zero attached hydrogens (tertiary/aromatic N) is 4. The second kappa shape index (κ2) is 8.17. The van der Waals surface area contributed by atoms with Crippen molar-refractivity contribution in [1.82, 2.24) is 14.8 Å². The van der Waals surface area contributed by atoms with Crippen LogP contribution in [-0.2, 0) is 31.2 Å². The first-order valence-electron chi connectivity index (χ1n) is 11.3. The molecule has 2 aromatic heterocycles. The number of hydrogen-bond acceptors (Lipinski definition) is 6. The van der Waals surface area contributed by atoms with Crippen LogP contribution in [0.25, 0.3) is 10.9 Å². The molecule has 37 heavy (non-hydrogen) atoms. The highest BCUT2D eigenvalue weighted by Crippen LogP contribution is 2.43. The molecule has 2 aliphatic heterocycles. The number of halogens is 4. The van der Waals surface area contributed by atoms with Crippen molar-refractivity contribution < 1.29 is 31.8 Å². The van der Waals surface area contributed by atoms with E-state index in [1.54, 1.807) is 13.2 Å². The molecule has 2 N–H and O–H groups in total. The number of ether oxygens (including phenoxy) is 2. The fraction of sp³-hybridized carbons (Fsp3) is 0.240. The van der Waals surface area contributed by atoms with Gasteiger partial charge in [0.15, 0.2) is 0 Å². The van der Waals surface area contributed by atoms with Gasteiger partial charge in [-0.15, -0.1) is 0 Å². The molecular formula is C25H19F4N5O3. The predicted molar refractivity (Wildman–Crippen MR) is 124 cm³/mol. The van der Waals surface area contributed by atoms with E-state index in [9.17, 15) is 18.0 Å². The maximum absolute atomic E-state index is 15.4. The molecular weight excluding hydrogens is 494 g/mol. The third-order valence-corrected chi connectivity index (χ3v) is 6.64. The number of carbonyl (C=O) groups is 1. The number of hydrogen-bond donors (Lipinski definition) is 1. The van der Waals surface area contributed by atoms with Crippen molar-refractivity contribution in [2.75, 3.05) is 17.2 Å². The Morgan fingerprint density at radius 2 is 1.97 bits per heavy atom. The van der Waals surface area contributed by atoms with Gasteiger partial charge in [-0.2, -0.15) is 18.3 Å². The molecule has 190 valence electrons. The van der Waals surface area contributed by atoms with E-state index < -0.39 is 29.5 Å². The molecule has 6 rings (SSSR count). The number of aromatic nitrogens is 3. The molecule has 12 heteroatoms. The topological polar surface area (TPSA) is 95.5 Å². The molecule has 0 aliphatic carbocycles. The average Bonchev–Trinajstić information content (AvgIpc) is 3.59. The first kappa shape index (κ1) is 23.2. The zero-order valence-corrected chi connectivity index (χ0v) is 19.3. The molecule has 8 nitrogen and oxygen atoms in total. The normalized spacial score (nSPS) is 16.5. The number of alkyl halides is 3. The summed E-state index contributed by atoms with van der Waals surface area (Å²) >= 11 is 0. The summed E-state index contributed by atoms with van der Waals surface area (Å²) in [5, 5.41) is 4.65. The largest absolute Gasteiger partial charge is 0.491 e. The minimum atomic E-state index is -4.55. The molecule has 0 radical (unpaired) electrons. The van der Waals surface area contributed by atoms with Crippen LogP contribution in [0, 0.1) is 5.82 Å². The van der Waals surface area contributed by atoms with Gasteiger partial charge in [-0.25, -0.2) is 9.37 Å². The SMILES string of the molecule is Cn1cc(N(C(=O)c2cc3c4c(c(N)nc3cc2F)COC4)C2COc3cc(C(F)(F)F)ccc32)cn1. The van der Waals surface area contributed by atoms with E-state index in [0.717, 1.165) is 23.8 Å². The van der Waals surface area contributed by atoms with Gasteiger partial charge in [0.2, 0.25) is 0 Å². The fourth-order valence-electron chi connectivity index (χ4n) is 4.84. The average molecular weight is 513 g/mol. The van der Waals surface area contributed by atoms with Crippen LogP contribution < -0.4 is 15.4 Å². The number of rotatable bonds is 3. The number of amides is 1. The van der Waals surface area contributed by atoms with Gasteiger partial charge in [0.1, 0.15) is 24.0 Å². The summed E-state index contributed by atoms with van der Waals surface area (Å²) in [5.74, 6) is -1.27. The number of fused-ring (bicyclic) bond motifs is 4. The zero-order chi connectivity index (χ0) is 26.1. The van der Waals surface area contributed by atoms with E-state index >= 15 is 4.39 Å². The van der Waals surface area contributed by atoms with Crippen LogP contribution in [0.15, 0.2) is 42.7 Å². The fourth-order valence-corrected chi connectivity index (χ4v) is 4.84. The highest BCUT2D eigenvalue weighted by atomic mass is 19.4. The molecule has 1 amide bonds. The van der Waals surface area contributed by atoms with Crippen LogP contribution >= 0.6 is 0 Å². The van der Waals surface area contributed by atoms with Crippen molar-refractivity contribution in [3.63, 3.8) is 0 Å². The molecule has 2 aliphatic rings. The van der Waals surface area contributed by atoms with Crippen LogP contribution in [0.2, 0.25) is 0 Å². The Labute approximate surface area is 207 Å². The number of benzene rings is 2. The third kappa shape index (κ3) is 3.75. The van der Waals surface area contributed by atoms with E-state index in [-0.39, 0.29) is 42.5 Å². The Balaban J connectivity index is 1.47. The van der Waals surface area contributed by atoms with Crippen molar-refractivity contribution in [2.45, 2.75) is 25.4 Å². The Hall–Kier alpha value is -4.19. The first-order chi connectivity index (χ1) is 17.6. The Bertz CT molecular complexity index is 1580. The monoisotopic (exact) mass is 513 g/mol. The summed E-state index contributed by atoms with van der Waals surface area (Å²) in [6.07, 6.45) is -1.57. The molecule has 4 aromatic rings. The van der Waals surface area contributed by atoms with Gasteiger partial charge in [-0.1, -0.05) is 6.07 Å². The Morgan fingerprint density at radius 1 is 1.19 bits per heavy atom. The number of anilines is 2. The number of pyridine rings is 1. The van der Waals surface area contributed by atoms with Gasteiger partial charge in [-0.3, -0.25) is 14.4 Å². The van der Waals surface area contributed by atoms with Crippen molar-refractivity contribution in [1.29, 1.82) is 0 Å². The lowest BCUT2D eigenvalue weighted by Crippen LogP contribution is -2.36. The summed E-state index contributed by atoms with van der Waals surface area (Å²) in [6.45, 7) is 0.395. The maximum atomic E-state index is 15.4. The summed E-state index contributed by atoms with van der Waals surface area (Å²) in [5.41, 5.74) is 7.31. The molecule has 0 saturated heterocycles. The first-order valence-corrected chi connectivity index (χ1v) is 11.3. The molecule has 0 saturated carbocycles. The minimum Gasteiger partial charge on any atom is -0.491 e. The van der Waals surface area contributed by atoms with Crippen molar-refractivity contribution in [2.24, 2.45) is 7.05 Å². The van der Waals surface area contributed by atoms with Gasteiger partial charge in [0, 0.05) is 35.8 Å². The Kier molecular flexibility index (Phi) is 5.13.